The summed E-state index contributed by atoms with van der Waals surface area (Å²) in [4.78, 5) is 24.4. The lowest BCUT2D eigenvalue weighted by Crippen LogP contribution is -2.43. The molecule has 0 saturated heterocycles. The molecule has 2 heterocycles. The van der Waals surface area contributed by atoms with E-state index in [1.807, 2.05) is 91.0 Å². The Kier molecular flexibility index (Phi) is 5.45. The van der Waals surface area contributed by atoms with Gasteiger partial charge in [-0.15, -0.1) is 0 Å². The average Bonchev–Trinajstić information content (AvgIpc) is 3.22. The molecule has 162 valence electrons. The van der Waals surface area contributed by atoms with Crippen LogP contribution < -0.4 is 0 Å². The molecule has 2 unspecified atom stereocenters. The van der Waals surface area contributed by atoms with Gasteiger partial charge in [-0.3, -0.25) is 4.98 Å². The Hall–Kier alpha value is -4.25. The number of nitrogens with zero attached hydrogens (tertiary/aromatic N) is 3. The van der Waals surface area contributed by atoms with Crippen molar-refractivity contribution in [3.05, 3.63) is 138 Å². The van der Waals surface area contributed by atoms with Gasteiger partial charge in [0.1, 0.15) is 5.84 Å². The molecule has 0 bridgehead atoms. The minimum Gasteiger partial charge on any atom is -0.479 e. The molecule has 5 rings (SSSR count). The molecule has 1 aliphatic heterocycles. The summed E-state index contributed by atoms with van der Waals surface area (Å²) in [6.07, 6.45) is 3.41. The number of carboxylic acid groups (broad SMARTS) is 1. The van der Waals surface area contributed by atoms with Crippen LogP contribution in [0, 0.1) is 0 Å². The Balaban J connectivity index is 1.78. The van der Waals surface area contributed by atoms with Gasteiger partial charge in [-0.05, 0) is 28.8 Å². The van der Waals surface area contributed by atoms with Crippen LogP contribution in [0.25, 0.3) is 0 Å². The molecule has 1 aliphatic rings. The van der Waals surface area contributed by atoms with Gasteiger partial charge in [0.05, 0.1) is 6.04 Å². The highest BCUT2D eigenvalue weighted by atomic mass is 16.4. The Morgan fingerprint density at radius 3 is 2.00 bits per heavy atom. The van der Waals surface area contributed by atoms with Crippen molar-refractivity contribution in [2.75, 3.05) is 0 Å². The molecule has 0 aliphatic carbocycles. The number of hydrogen-bond acceptors (Lipinski definition) is 4. The van der Waals surface area contributed by atoms with E-state index in [-0.39, 0.29) is 0 Å². The molecule has 0 amide bonds. The highest BCUT2D eigenvalue weighted by Crippen LogP contribution is 2.49. The zero-order valence-corrected chi connectivity index (χ0v) is 18.0. The molecule has 2 atom stereocenters. The Morgan fingerprint density at radius 2 is 1.39 bits per heavy atom. The maximum atomic E-state index is 13.1. The number of amidine groups is 1. The van der Waals surface area contributed by atoms with Gasteiger partial charge in [0.2, 0.25) is 5.54 Å². The topological polar surface area (TPSA) is 65.8 Å². The molecule has 0 fully saturated rings. The van der Waals surface area contributed by atoms with Crippen LogP contribution in [0.4, 0.5) is 0 Å². The molecule has 1 aromatic heterocycles. The van der Waals surface area contributed by atoms with Crippen LogP contribution in [-0.2, 0) is 16.9 Å². The molecule has 0 spiro atoms. The van der Waals surface area contributed by atoms with Gasteiger partial charge in [0.25, 0.3) is 0 Å². The predicted octanol–water partition coefficient (Wildman–Crippen LogP) is 5.07. The lowest BCUT2D eigenvalue weighted by atomic mass is 9.80. The van der Waals surface area contributed by atoms with Gasteiger partial charge in [-0.2, -0.15) is 0 Å². The lowest BCUT2D eigenvalue weighted by molar-refractivity contribution is -0.145. The Bertz CT molecular complexity index is 1260. The molecule has 5 nitrogen and oxygen atoms in total. The predicted molar refractivity (Wildman–Crippen MR) is 128 cm³/mol. The summed E-state index contributed by atoms with van der Waals surface area (Å²) in [6.45, 7) is 0.517. The first-order chi connectivity index (χ1) is 16.2. The smallest absolute Gasteiger partial charge is 0.338 e. The number of pyridine rings is 1. The van der Waals surface area contributed by atoms with E-state index in [1.54, 1.807) is 12.4 Å². The molecular formula is C28H23N3O2. The molecular weight excluding hydrogens is 410 g/mol. The maximum absolute atomic E-state index is 13.1. The fourth-order valence-electron chi connectivity index (χ4n) is 4.57. The highest BCUT2D eigenvalue weighted by molar-refractivity contribution is 6.04. The molecule has 0 radical (unpaired) electrons. The second kappa shape index (κ2) is 8.71. The minimum atomic E-state index is -1.51. The van der Waals surface area contributed by atoms with Gasteiger partial charge < -0.3 is 10.0 Å². The van der Waals surface area contributed by atoms with Gasteiger partial charge in [0, 0.05) is 24.5 Å². The SMILES string of the molecule is O=C(O)C1(c2ccccc2)N=C(c2ccccc2)N(Cc2ccccc2)C1c1ccncc1. The molecule has 1 N–H and O–H groups in total. The first kappa shape index (κ1) is 20.6. The third-order valence-electron chi connectivity index (χ3n) is 6.05. The van der Waals surface area contributed by atoms with E-state index in [4.69, 9.17) is 4.99 Å². The monoisotopic (exact) mass is 433 g/mol. The fraction of sp³-hybridized carbons (Fsp3) is 0.107. The minimum absolute atomic E-state index is 0.517. The van der Waals surface area contributed by atoms with Crippen molar-refractivity contribution in [1.82, 2.24) is 9.88 Å². The first-order valence-electron chi connectivity index (χ1n) is 10.8. The van der Waals surface area contributed by atoms with Crippen LogP contribution in [0.1, 0.15) is 28.3 Å². The van der Waals surface area contributed by atoms with Gasteiger partial charge >= 0.3 is 5.97 Å². The van der Waals surface area contributed by atoms with Gasteiger partial charge in [0.15, 0.2) is 0 Å². The van der Waals surface area contributed by atoms with Crippen molar-refractivity contribution < 1.29 is 9.90 Å². The fourth-order valence-corrected chi connectivity index (χ4v) is 4.57. The third kappa shape index (κ3) is 3.68. The van der Waals surface area contributed by atoms with Gasteiger partial charge in [-0.25, -0.2) is 9.79 Å². The van der Waals surface area contributed by atoms with Crippen LogP contribution in [0.15, 0.2) is 121 Å². The molecule has 4 aromatic rings. The van der Waals surface area contributed by atoms with E-state index in [1.165, 1.54) is 0 Å². The number of aliphatic carboxylic acids is 1. The molecule has 0 saturated carbocycles. The van der Waals surface area contributed by atoms with Crippen molar-refractivity contribution in [3.63, 3.8) is 0 Å². The Morgan fingerprint density at radius 1 is 0.818 bits per heavy atom. The van der Waals surface area contributed by atoms with Crippen LogP contribution in [0.3, 0.4) is 0 Å². The van der Waals surface area contributed by atoms with Crippen molar-refractivity contribution in [2.24, 2.45) is 4.99 Å². The van der Waals surface area contributed by atoms with E-state index in [0.29, 0.717) is 17.9 Å². The molecule has 5 heteroatoms. The number of hydrogen-bond donors (Lipinski definition) is 1. The van der Waals surface area contributed by atoms with E-state index in [0.717, 1.165) is 16.7 Å². The van der Waals surface area contributed by atoms with Crippen LogP contribution in [-0.4, -0.2) is 26.8 Å². The molecule has 3 aromatic carbocycles. The van der Waals surface area contributed by atoms with Gasteiger partial charge in [-0.1, -0.05) is 91.0 Å². The summed E-state index contributed by atoms with van der Waals surface area (Å²) in [6, 6.07) is 32.4. The highest BCUT2D eigenvalue weighted by Gasteiger charge is 2.56. The quantitative estimate of drug-likeness (QED) is 0.461. The molecule has 33 heavy (non-hydrogen) atoms. The number of benzene rings is 3. The summed E-state index contributed by atoms with van der Waals surface area (Å²) in [5, 5.41) is 10.7. The zero-order chi connectivity index (χ0) is 22.7. The number of rotatable bonds is 6. The van der Waals surface area contributed by atoms with Crippen molar-refractivity contribution in [3.8, 4) is 0 Å². The first-order valence-corrected chi connectivity index (χ1v) is 10.8. The zero-order valence-electron chi connectivity index (χ0n) is 18.0. The van der Waals surface area contributed by atoms with E-state index >= 15 is 0 Å². The number of aromatic nitrogens is 1. The van der Waals surface area contributed by atoms with Crippen molar-refractivity contribution in [1.29, 1.82) is 0 Å². The summed E-state index contributed by atoms with van der Waals surface area (Å²) < 4.78 is 0. The lowest BCUT2D eigenvalue weighted by Gasteiger charge is -2.36. The van der Waals surface area contributed by atoms with Crippen LogP contribution in [0.5, 0.6) is 0 Å². The summed E-state index contributed by atoms with van der Waals surface area (Å²) in [7, 11) is 0. The van der Waals surface area contributed by atoms with Crippen molar-refractivity contribution >= 4 is 11.8 Å². The summed E-state index contributed by atoms with van der Waals surface area (Å²) in [5.74, 6) is -0.327. The summed E-state index contributed by atoms with van der Waals surface area (Å²) >= 11 is 0. The number of carbonyl (C=O) groups is 1. The second-order valence-electron chi connectivity index (χ2n) is 8.04. The number of carboxylic acids is 1. The van der Waals surface area contributed by atoms with E-state index in [2.05, 4.69) is 22.0 Å². The second-order valence-corrected chi connectivity index (χ2v) is 8.04. The average molecular weight is 434 g/mol. The standard InChI is InChI=1S/C28H23N3O2/c32-27(33)28(24-14-8-3-9-15-24)25(22-16-18-29-19-17-22)31(20-21-10-4-1-5-11-21)26(30-28)23-12-6-2-7-13-23/h1-19,25H,20H2,(H,32,33). The third-order valence-corrected chi connectivity index (χ3v) is 6.05. The van der Waals surface area contributed by atoms with Crippen molar-refractivity contribution in [2.45, 2.75) is 18.1 Å². The normalized spacial score (nSPS) is 19.8. The van der Waals surface area contributed by atoms with Crippen LogP contribution in [0.2, 0.25) is 0 Å². The Labute approximate surface area is 192 Å². The maximum Gasteiger partial charge on any atom is 0.338 e. The summed E-state index contributed by atoms with van der Waals surface area (Å²) in [5.41, 5.74) is 1.94. The largest absolute Gasteiger partial charge is 0.479 e. The van der Waals surface area contributed by atoms with E-state index in [9.17, 15) is 9.90 Å². The van der Waals surface area contributed by atoms with Crippen LogP contribution >= 0.6 is 0 Å². The van der Waals surface area contributed by atoms with E-state index < -0.39 is 17.6 Å². The number of aliphatic imine (C=N–C) groups is 1.